The zero-order valence-corrected chi connectivity index (χ0v) is 16.5. The molecule has 0 radical (unpaired) electrons. The fraction of sp³-hybridized carbons (Fsp3) is 0.667. The summed E-state index contributed by atoms with van der Waals surface area (Å²) in [6.07, 6.45) is 1.75. The topological polar surface area (TPSA) is 36.0 Å². The van der Waals surface area contributed by atoms with E-state index in [0.717, 1.165) is 51.4 Å². The highest BCUT2D eigenvalue weighted by Gasteiger charge is 2.29. The quantitative estimate of drug-likeness (QED) is 0.782. The second-order valence-electron chi connectivity index (χ2n) is 7.73. The maximum absolute atomic E-state index is 12.1. The average molecular weight is 360 g/mol. The van der Waals surface area contributed by atoms with Crippen LogP contribution in [0.1, 0.15) is 33.6 Å². The smallest absolute Gasteiger partial charge is 0.222 e. The molecule has 2 aliphatic heterocycles. The van der Waals surface area contributed by atoms with E-state index in [9.17, 15) is 4.79 Å². The largest absolute Gasteiger partial charge is 0.492 e. The molecule has 2 heterocycles. The number of amides is 1. The lowest BCUT2D eigenvalue weighted by molar-refractivity contribution is -0.136. The Morgan fingerprint density at radius 1 is 1.15 bits per heavy atom. The summed E-state index contributed by atoms with van der Waals surface area (Å²) in [5.41, 5.74) is 1.21. The number of benzene rings is 1. The maximum atomic E-state index is 12.1. The van der Waals surface area contributed by atoms with E-state index in [1.165, 1.54) is 5.69 Å². The fourth-order valence-corrected chi connectivity index (χ4v) is 4.12. The van der Waals surface area contributed by atoms with Gasteiger partial charge in [0.2, 0.25) is 5.91 Å². The van der Waals surface area contributed by atoms with Crippen molar-refractivity contribution in [2.24, 2.45) is 5.92 Å². The molecule has 1 atom stereocenters. The van der Waals surface area contributed by atoms with Crippen molar-refractivity contribution in [3.05, 3.63) is 24.3 Å². The van der Waals surface area contributed by atoms with E-state index < -0.39 is 0 Å². The Hall–Kier alpha value is -1.75. The van der Waals surface area contributed by atoms with Crippen molar-refractivity contribution in [1.29, 1.82) is 0 Å². The monoisotopic (exact) mass is 359 g/mol. The van der Waals surface area contributed by atoms with Crippen LogP contribution in [0.15, 0.2) is 24.3 Å². The maximum Gasteiger partial charge on any atom is 0.222 e. The number of hydrogen-bond acceptors (Lipinski definition) is 4. The average Bonchev–Trinajstić information content (AvgIpc) is 2.64. The number of nitrogens with zero attached hydrogens (tertiary/aromatic N) is 3. The van der Waals surface area contributed by atoms with Crippen LogP contribution >= 0.6 is 0 Å². The summed E-state index contributed by atoms with van der Waals surface area (Å²) in [5, 5.41) is 0. The Morgan fingerprint density at radius 2 is 1.88 bits per heavy atom. The predicted octanol–water partition coefficient (Wildman–Crippen LogP) is 2.85. The minimum absolute atomic E-state index is 0.317. The van der Waals surface area contributed by atoms with Gasteiger partial charge in [0.1, 0.15) is 5.75 Å². The zero-order valence-electron chi connectivity index (χ0n) is 16.5. The standard InChI is InChI=1S/C21H33N3O2/c1-4-26-20-8-6-5-7-19(20)23-13-11-22(12-14-23)15-18-9-10-21(25)24(16-18)17(2)3/h5-8,17-18H,4,9-16H2,1-3H3. The molecule has 1 unspecified atom stereocenters. The zero-order chi connectivity index (χ0) is 18.5. The third-order valence-corrected chi connectivity index (χ3v) is 5.56. The van der Waals surface area contributed by atoms with Crippen molar-refractivity contribution in [2.45, 2.75) is 39.7 Å². The van der Waals surface area contributed by atoms with Gasteiger partial charge in [-0.05, 0) is 45.2 Å². The van der Waals surface area contributed by atoms with Crippen molar-refractivity contribution >= 4 is 11.6 Å². The van der Waals surface area contributed by atoms with Gasteiger partial charge in [0.15, 0.2) is 0 Å². The molecule has 2 aliphatic rings. The van der Waals surface area contributed by atoms with Crippen LogP contribution in [0, 0.1) is 5.92 Å². The summed E-state index contributed by atoms with van der Waals surface area (Å²) in [6, 6.07) is 8.66. The molecule has 3 rings (SSSR count). The van der Waals surface area contributed by atoms with Crippen LogP contribution in [-0.4, -0.2) is 67.6 Å². The summed E-state index contributed by atoms with van der Waals surface area (Å²) in [6.45, 7) is 13.2. The Labute approximate surface area is 157 Å². The number of likely N-dealkylation sites (tertiary alicyclic amines) is 1. The number of carbonyl (C=O) groups excluding carboxylic acids is 1. The molecule has 144 valence electrons. The van der Waals surface area contributed by atoms with Crippen LogP contribution < -0.4 is 9.64 Å². The van der Waals surface area contributed by atoms with Crippen LogP contribution in [0.25, 0.3) is 0 Å². The van der Waals surface area contributed by atoms with Gasteiger partial charge in [-0.3, -0.25) is 9.69 Å². The molecule has 26 heavy (non-hydrogen) atoms. The van der Waals surface area contributed by atoms with E-state index in [1.54, 1.807) is 0 Å². The van der Waals surface area contributed by atoms with Gasteiger partial charge in [0, 0.05) is 51.7 Å². The lowest BCUT2D eigenvalue weighted by Crippen LogP contribution is -2.51. The minimum Gasteiger partial charge on any atom is -0.492 e. The number of carbonyl (C=O) groups is 1. The molecule has 0 bridgehead atoms. The summed E-state index contributed by atoms with van der Waals surface area (Å²) in [7, 11) is 0. The number of piperidine rings is 1. The molecule has 0 N–H and O–H groups in total. The number of para-hydroxylation sites is 2. The molecule has 5 heteroatoms. The summed E-state index contributed by atoms with van der Waals surface area (Å²) >= 11 is 0. The molecular formula is C21H33N3O2. The van der Waals surface area contributed by atoms with E-state index in [1.807, 2.05) is 13.0 Å². The van der Waals surface area contributed by atoms with Gasteiger partial charge in [0.05, 0.1) is 12.3 Å². The van der Waals surface area contributed by atoms with Crippen LogP contribution in [0.3, 0.4) is 0 Å². The van der Waals surface area contributed by atoms with E-state index >= 15 is 0 Å². The number of hydrogen-bond donors (Lipinski definition) is 0. The van der Waals surface area contributed by atoms with Gasteiger partial charge in [-0.1, -0.05) is 12.1 Å². The fourth-order valence-electron chi connectivity index (χ4n) is 4.12. The SMILES string of the molecule is CCOc1ccccc1N1CCN(CC2CCC(=O)N(C(C)C)C2)CC1. The normalized spacial score (nSPS) is 22.2. The molecule has 0 aromatic heterocycles. The van der Waals surface area contributed by atoms with E-state index in [0.29, 0.717) is 30.9 Å². The number of ether oxygens (including phenoxy) is 1. The molecule has 2 fully saturated rings. The van der Waals surface area contributed by atoms with Gasteiger partial charge in [-0.15, -0.1) is 0 Å². The summed E-state index contributed by atoms with van der Waals surface area (Å²) in [5.74, 6) is 1.92. The highest BCUT2D eigenvalue weighted by Crippen LogP contribution is 2.29. The van der Waals surface area contributed by atoms with Crippen molar-refractivity contribution < 1.29 is 9.53 Å². The van der Waals surface area contributed by atoms with Crippen LogP contribution in [0.2, 0.25) is 0 Å². The molecule has 2 saturated heterocycles. The third kappa shape index (κ3) is 4.50. The van der Waals surface area contributed by atoms with Crippen molar-refractivity contribution in [3.63, 3.8) is 0 Å². The molecule has 1 aromatic carbocycles. The molecule has 0 aliphatic carbocycles. The first-order valence-corrected chi connectivity index (χ1v) is 10.1. The van der Waals surface area contributed by atoms with E-state index in [4.69, 9.17) is 4.74 Å². The van der Waals surface area contributed by atoms with E-state index in [-0.39, 0.29) is 0 Å². The molecule has 1 amide bonds. The Morgan fingerprint density at radius 3 is 2.58 bits per heavy atom. The molecule has 1 aromatic rings. The van der Waals surface area contributed by atoms with Gasteiger partial charge in [-0.25, -0.2) is 0 Å². The number of rotatable bonds is 6. The highest BCUT2D eigenvalue weighted by molar-refractivity contribution is 5.77. The summed E-state index contributed by atoms with van der Waals surface area (Å²) < 4.78 is 5.79. The van der Waals surface area contributed by atoms with Crippen molar-refractivity contribution in [1.82, 2.24) is 9.80 Å². The Kier molecular flexibility index (Phi) is 6.41. The van der Waals surface area contributed by atoms with Gasteiger partial charge in [-0.2, -0.15) is 0 Å². The van der Waals surface area contributed by atoms with Crippen molar-refractivity contribution in [3.8, 4) is 5.75 Å². The van der Waals surface area contributed by atoms with Crippen molar-refractivity contribution in [2.75, 3.05) is 50.8 Å². The second-order valence-corrected chi connectivity index (χ2v) is 7.73. The molecule has 0 spiro atoms. The van der Waals surface area contributed by atoms with E-state index in [2.05, 4.69) is 46.7 Å². The first kappa shape index (κ1) is 19.0. The summed E-state index contributed by atoms with van der Waals surface area (Å²) in [4.78, 5) is 19.1. The first-order chi connectivity index (χ1) is 12.6. The minimum atomic E-state index is 0.317. The van der Waals surface area contributed by atoms with Gasteiger partial charge >= 0.3 is 0 Å². The number of anilines is 1. The molecule has 0 saturated carbocycles. The van der Waals surface area contributed by atoms with Crippen LogP contribution in [0.4, 0.5) is 5.69 Å². The van der Waals surface area contributed by atoms with Crippen LogP contribution in [0.5, 0.6) is 5.75 Å². The van der Waals surface area contributed by atoms with Crippen LogP contribution in [-0.2, 0) is 4.79 Å². The third-order valence-electron chi connectivity index (χ3n) is 5.56. The Bertz CT molecular complexity index is 597. The lowest BCUT2D eigenvalue weighted by atomic mass is 9.95. The van der Waals surface area contributed by atoms with Gasteiger partial charge < -0.3 is 14.5 Å². The highest BCUT2D eigenvalue weighted by atomic mass is 16.5. The first-order valence-electron chi connectivity index (χ1n) is 10.1. The molecular weight excluding hydrogens is 326 g/mol. The molecule has 5 nitrogen and oxygen atoms in total. The number of piperazine rings is 1. The lowest BCUT2D eigenvalue weighted by Gasteiger charge is -2.41. The van der Waals surface area contributed by atoms with Gasteiger partial charge in [0.25, 0.3) is 0 Å². The predicted molar refractivity (Wildman–Crippen MR) is 106 cm³/mol. The second kappa shape index (κ2) is 8.76. The Balaban J connectivity index is 1.52.